The molecule has 0 bridgehead atoms. The molecule has 0 aliphatic carbocycles. The molecule has 0 radical (unpaired) electrons. The SMILES string of the molecule is N#Cc1c(N=Cc2ccccc2OCc2cccc(Cl)c2)oc(-c2ccccc2)c1-c1ccccc1. The minimum Gasteiger partial charge on any atom is -0.488 e. The Bertz CT molecular complexity index is 1550. The van der Waals surface area contributed by atoms with Gasteiger partial charge in [0.05, 0.1) is 0 Å². The van der Waals surface area contributed by atoms with Crippen LogP contribution in [-0.2, 0) is 6.61 Å². The summed E-state index contributed by atoms with van der Waals surface area (Å²) < 4.78 is 12.3. The maximum absolute atomic E-state index is 10.1. The Morgan fingerprint density at radius 3 is 2.25 bits per heavy atom. The topological polar surface area (TPSA) is 58.5 Å². The fourth-order valence-corrected chi connectivity index (χ4v) is 4.13. The maximum atomic E-state index is 10.1. The van der Waals surface area contributed by atoms with Crippen molar-refractivity contribution >= 4 is 23.7 Å². The molecule has 5 rings (SSSR count). The van der Waals surface area contributed by atoms with Crippen LogP contribution < -0.4 is 4.74 Å². The van der Waals surface area contributed by atoms with Crippen LogP contribution in [0.15, 0.2) is 119 Å². The average molecular weight is 489 g/mol. The first-order valence-electron chi connectivity index (χ1n) is 11.4. The van der Waals surface area contributed by atoms with Crippen molar-refractivity contribution in [3.63, 3.8) is 0 Å². The zero-order chi connectivity index (χ0) is 24.7. The zero-order valence-corrected chi connectivity index (χ0v) is 20.0. The van der Waals surface area contributed by atoms with E-state index in [-0.39, 0.29) is 5.88 Å². The van der Waals surface area contributed by atoms with Gasteiger partial charge in [-0.2, -0.15) is 5.26 Å². The number of hydrogen-bond acceptors (Lipinski definition) is 4. The number of hydrogen-bond donors (Lipinski definition) is 0. The molecule has 0 atom stereocenters. The van der Waals surface area contributed by atoms with Crippen LogP contribution in [0.1, 0.15) is 16.7 Å². The van der Waals surface area contributed by atoms with Gasteiger partial charge >= 0.3 is 0 Å². The minimum atomic E-state index is 0.250. The normalized spacial score (nSPS) is 10.9. The van der Waals surface area contributed by atoms with Crippen LogP contribution in [0.25, 0.3) is 22.5 Å². The van der Waals surface area contributed by atoms with E-state index in [1.54, 1.807) is 6.21 Å². The first-order valence-corrected chi connectivity index (χ1v) is 11.8. The molecule has 0 N–H and O–H groups in total. The van der Waals surface area contributed by atoms with Crippen LogP contribution in [0.5, 0.6) is 5.75 Å². The highest BCUT2D eigenvalue weighted by Crippen LogP contribution is 2.42. The Hall–Kier alpha value is -4.59. The summed E-state index contributed by atoms with van der Waals surface area (Å²) in [5, 5.41) is 10.7. The Kier molecular flexibility index (Phi) is 6.93. The third-order valence-electron chi connectivity index (χ3n) is 5.62. The van der Waals surface area contributed by atoms with E-state index in [1.165, 1.54) is 0 Å². The molecule has 0 aliphatic heterocycles. The molecule has 0 aliphatic rings. The number of furan rings is 1. The molecule has 0 fully saturated rings. The standard InChI is InChI=1S/C31H21ClN2O2/c32-26-16-9-10-22(18-26)21-35-28-17-8-7-15-25(28)20-34-31-27(19-33)29(23-11-3-1-4-12-23)30(36-31)24-13-5-2-6-14-24/h1-18,20H,21H2. The molecule has 0 amide bonds. The number of ether oxygens (including phenoxy) is 1. The highest BCUT2D eigenvalue weighted by molar-refractivity contribution is 6.30. The van der Waals surface area contributed by atoms with E-state index in [2.05, 4.69) is 11.1 Å². The summed E-state index contributed by atoms with van der Waals surface area (Å²) in [4.78, 5) is 4.59. The molecule has 174 valence electrons. The van der Waals surface area contributed by atoms with Crippen molar-refractivity contribution in [3.05, 3.63) is 131 Å². The van der Waals surface area contributed by atoms with Gasteiger partial charge in [0.2, 0.25) is 5.88 Å². The lowest BCUT2D eigenvalue weighted by Crippen LogP contribution is -1.98. The number of nitriles is 1. The van der Waals surface area contributed by atoms with E-state index in [0.717, 1.165) is 27.8 Å². The van der Waals surface area contributed by atoms with Gasteiger partial charge in [-0.1, -0.05) is 96.5 Å². The van der Waals surface area contributed by atoms with Gasteiger partial charge in [-0.3, -0.25) is 0 Å². The first-order chi connectivity index (χ1) is 17.7. The highest BCUT2D eigenvalue weighted by atomic mass is 35.5. The van der Waals surface area contributed by atoms with E-state index < -0.39 is 0 Å². The third kappa shape index (κ3) is 5.07. The molecule has 36 heavy (non-hydrogen) atoms. The molecule has 0 unspecified atom stereocenters. The predicted molar refractivity (Wildman–Crippen MR) is 144 cm³/mol. The number of nitrogens with zero attached hydrogens (tertiary/aromatic N) is 2. The summed E-state index contributed by atoms with van der Waals surface area (Å²) in [6.07, 6.45) is 1.66. The molecule has 4 nitrogen and oxygen atoms in total. The second-order valence-corrected chi connectivity index (χ2v) is 8.48. The lowest BCUT2D eigenvalue weighted by molar-refractivity contribution is 0.306. The quantitative estimate of drug-likeness (QED) is 0.216. The third-order valence-corrected chi connectivity index (χ3v) is 5.86. The summed E-state index contributed by atoms with van der Waals surface area (Å²) in [6.45, 7) is 0.367. The van der Waals surface area contributed by atoms with Gasteiger partial charge in [0, 0.05) is 27.9 Å². The Morgan fingerprint density at radius 2 is 1.53 bits per heavy atom. The van der Waals surface area contributed by atoms with Crippen LogP contribution in [-0.4, -0.2) is 6.21 Å². The fourth-order valence-electron chi connectivity index (χ4n) is 3.92. The number of rotatable bonds is 7. The second kappa shape index (κ2) is 10.8. The summed E-state index contributed by atoms with van der Waals surface area (Å²) in [7, 11) is 0. The van der Waals surface area contributed by atoms with Crippen molar-refractivity contribution in [1.29, 1.82) is 5.26 Å². The van der Waals surface area contributed by atoms with Crippen molar-refractivity contribution in [2.24, 2.45) is 4.99 Å². The van der Waals surface area contributed by atoms with Crippen LogP contribution in [0.3, 0.4) is 0 Å². The van der Waals surface area contributed by atoms with Gasteiger partial charge in [-0.25, -0.2) is 4.99 Å². The molecule has 1 aromatic heterocycles. The predicted octanol–water partition coefficient (Wildman–Crippen LogP) is 8.47. The Morgan fingerprint density at radius 1 is 0.833 bits per heavy atom. The van der Waals surface area contributed by atoms with Gasteiger partial charge in [0.25, 0.3) is 0 Å². The van der Waals surface area contributed by atoms with Crippen molar-refractivity contribution in [2.75, 3.05) is 0 Å². The van der Waals surface area contributed by atoms with Crippen molar-refractivity contribution in [2.45, 2.75) is 6.61 Å². The van der Waals surface area contributed by atoms with Gasteiger partial charge in [-0.15, -0.1) is 0 Å². The lowest BCUT2D eigenvalue weighted by atomic mass is 9.98. The molecule has 5 aromatic rings. The highest BCUT2D eigenvalue weighted by Gasteiger charge is 2.22. The van der Waals surface area contributed by atoms with Gasteiger partial charge in [0.1, 0.15) is 29.7 Å². The molecule has 5 heteroatoms. The lowest BCUT2D eigenvalue weighted by Gasteiger charge is -2.09. The molecule has 0 spiro atoms. The van der Waals surface area contributed by atoms with Gasteiger partial charge in [0.15, 0.2) is 0 Å². The van der Waals surface area contributed by atoms with E-state index in [1.807, 2.05) is 109 Å². The first kappa shape index (κ1) is 23.2. The van der Waals surface area contributed by atoms with E-state index in [0.29, 0.717) is 28.7 Å². The van der Waals surface area contributed by atoms with Crippen molar-refractivity contribution in [3.8, 4) is 34.3 Å². The van der Waals surface area contributed by atoms with Crippen molar-refractivity contribution in [1.82, 2.24) is 0 Å². The largest absolute Gasteiger partial charge is 0.488 e. The van der Waals surface area contributed by atoms with E-state index >= 15 is 0 Å². The second-order valence-electron chi connectivity index (χ2n) is 8.04. The number of para-hydroxylation sites is 1. The van der Waals surface area contributed by atoms with Gasteiger partial charge in [-0.05, 0) is 35.4 Å². The zero-order valence-electron chi connectivity index (χ0n) is 19.3. The fraction of sp³-hybridized carbons (Fsp3) is 0.0323. The molecule has 0 saturated heterocycles. The van der Waals surface area contributed by atoms with E-state index in [4.69, 9.17) is 20.8 Å². The van der Waals surface area contributed by atoms with Crippen LogP contribution in [0.2, 0.25) is 5.02 Å². The molecular weight excluding hydrogens is 468 g/mol. The monoisotopic (exact) mass is 488 g/mol. The summed E-state index contributed by atoms with van der Waals surface area (Å²) in [5.41, 5.74) is 4.60. The average Bonchev–Trinajstić information content (AvgIpc) is 3.31. The summed E-state index contributed by atoms with van der Waals surface area (Å²) in [6, 6.07) is 36.9. The smallest absolute Gasteiger partial charge is 0.238 e. The van der Waals surface area contributed by atoms with Crippen molar-refractivity contribution < 1.29 is 9.15 Å². The van der Waals surface area contributed by atoms with Gasteiger partial charge < -0.3 is 9.15 Å². The van der Waals surface area contributed by atoms with Crippen LogP contribution in [0.4, 0.5) is 5.88 Å². The molecule has 1 heterocycles. The number of halogens is 1. The molecular formula is C31H21ClN2O2. The number of aliphatic imine (C=N–C) groups is 1. The summed E-state index contributed by atoms with van der Waals surface area (Å²) >= 11 is 6.09. The minimum absolute atomic E-state index is 0.250. The van der Waals surface area contributed by atoms with Crippen LogP contribution in [0, 0.1) is 11.3 Å². The molecule has 0 saturated carbocycles. The Labute approximate surface area is 214 Å². The summed E-state index contributed by atoms with van der Waals surface area (Å²) in [5.74, 6) is 1.52. The van der Waals surface area contributed by atoms with Crippen LogP contribution >= 0.6 is 11.6 Å². The van der Waals surface area contributed by atoms with E-state index in [9.17, 15) is 5.26 Å². The molecule has 4 aromatic carbocycles. The maximum Gasteiger partial charge on any atom is 0.238 e. The Balaban J connectivity index is 1.51. The number of benzene rings is 4.